The first-order chi connectivity index (χ1) is 10.2. The van der Waals surface area contributed by atoms with Gasteiger partial charge in [-0.15, -0.1) is 0 Å². The molecule has 0 aromatic heterocycles. The van der Waals surface area contributed by atoms with Gasteiger partial charge in [0.2, 0.25) is 0 Å². The summed E-state index contributed by atoms with van der Waals surface area (Å²) >= 11 is 0. The Bertz CT molecular complexity index is 462. The Hall–Kier alpha value is -0.860. The lowest BCUT2D eigenvalue weighted by Gasteiger charge is -2.41. The molecule has 1 N–H and O–H groups in total. The number of hydrogen-bond donors (Lipinski definition) is 1. The molecule has 3 rings (SSSR count). The SMILES string of the molecule is CC1CCC(CO)(CN2CCCc3ccccc3C2)CC1. The summed E-state index contributed by atoms with van der Waals surface area (Å²) < 4.78 is 0. The fourth-order valence-corrected chi connectivity index (χ4v) is 4.12. The summed E-state index contributed by atoms with van der Waals surface area (Å²) in [6, 6.07) is 8.88. The maximum absolute atomic E-state index is 10.00. The second-order valence-corrected chi connectivity index (χ2v) is 7.42. The van der Waals surface area contributed by atoms with E-state index < -0.39 is 0 Å². The molecule has 0 spiro atoms. The molecule has 1 aromatic carbocycles. The lowest BCUT2D eigenvalue weighted by Crippen LogP contribution is -2.42. The Morgan fingerprint density at radius 3 is 2.62 bits per heavy atom. The lowest BCUT2D eigenvalue weighted by molar-refractivity contribution is 0.0273. The highest BCUT2D eigenvalue weighted by Gasteiger charge is 2.35. The second-order valence-electron chi connectivity index (χ2n) is 7.42. The fourth-order valence-electron chi connectivity index (χ4n) is 4.12. The molecule has 116 valence electrons. The zero-order valence-electron chi connectivity index (χ0n) is 13.4. The number of nitrogens with zero attached hydrogens (tertiary/aromatic N) is 1. The van der Waals surface area contributed by atoms with Crippen LogP contribution in [0.5, 0.6) is 0 Å². The third-order valence-electron chi connectivity index (χ3n) is 5.66. The van der Waals surface area contributed by atoms with Gasteiger partial charge in [-0.1, -0.05) is 44.0 Å². The molecule has 1 aliphatic heterocycles. The van der Waals surface area contributed by atoms with Gasteiger partial charge in [0.15, 0.2) is 0 Å². The van der Waals surface area contributed by atoms with Gasteiger partial charge in [-0.2, -0.15) is 0 Å². The largest absolute Gasteiger partial charge is 0.396 e. The molecular formula is C19H29NO. The maximum atomic E-state index is 10.00. The minimum absolute atomic E-state index is 0.159. The van der Waals surface area contributed by atoms with Crippen LogP contribution in [0.3, 0.4) is 0 Å². The van der Waals surface area contributed by atoms with Gasteiger partial charge in [-0.05, 0) is 49.3 Å². The van der Waals surface area contributed by atoms with E-state index in [-0.39, 0.29) is 5.41 Å². The first kappa shape index (κ1) is 15.1. The quantitative estimate of drug-likeness (QED) is 0.918. The fraction of sp³-hybridized carbons (Fsp3) is 0.684. The minimum atomic E-state index is 0.159. The van der Waals surface area contributed by atoms with Crippen molar-refractivity contribution in [2.75, 3.05) is 19.7 Å². The smallest absolute Gasteiger partial charge is 0.0499 e. The molecule has 21 heavy (non-hydrogen) atoms. The monoisotopic (exact) mass is 287 g/mol. The van der Waals surface area contributed by atoms with Crippen LogP contribution in [0.4, 0.5) is 0 Å². The van der Waals surface area contributed by atoms with Crippen LogP contribution in [0.25, 0.3) is 0 Å². The minimum Gasteiger partial charge on any atom is -0.396 e. The van der Waals surface area contributed by atoms with Gasteiger partial charge < -0.3 is 5.11 Å². The van der Waals surface area contributed by atoms with E-state index in [0.29, 0.717) is 6.61 Å². The van der Waals surface area contributed by atoms with E-state index in [0.717, 1.165) is 19.0 Å². The molecule has 0 radical (unpaired) electrons. The topological polar surface area (TPSA) is 23.5 Å². The molecule has 0 amide bonds. The van der Waals surface area contributed by atoms with Crippen molar-refractivity contribution in [3.05, 3.63) is 35.4 Å². The van der Waals surface area contributed by atoms with Crippen LogP contribution in [0.1, 0.15) is 50.2 Å². The first-order valence-electron chi connectivity index (χ1n) is 8.61. The number of fused-ring (bicyclic) bond motifs is 1. The number of aliphatic hydroxyl groups excluding tert-OH is 1. The molecular weight excluding hydrogens is 258 g/mol. The van der Waals surface area contributed by atoms with Gasteiger partial charge in [0, 0.05) is 25.1 Å². The van der Waals surface area contributed by atoms with E-state index in [1.165, 1.54) is 56.2 Å². The summed E-state index contributed by atoms with van der Waals surface area (Å²) in [5, 5.41) is 10.00. The maximum Gasteiger partial charge on any atom is 0.0499 e. The van der Waals surface area contributed by atoms with E-state index in [9.17, 15) is 5.11 Å². The molecule has 1 saturated carbocycles. The van der Waals surface area contributed by atoms with E-state index in [2.05, 4.69) is 36.1 Å². The molecule has 2 nitrogen and oxygen atoms in total. The molecule has 1 aliphatic carbocycles. The lowest BCUT2D eigenvalue weighted by atomic mass is 9.71. The van der Waals surface area contributed by atoms with Crippen LogP contribution in [-0.2, 0) is 13.0 Å². The molecule has 1 heterocycles. The van der Waals surface area contributed by atoms with Crippen LogP contribution in [-0.4, -0.2) is 29.7 Å². The van der Waals surface area contributed by atoms with E-state index in [1.54, 1.807) is 0 Å². The molecule has 2 aliphatic rings. The van der Waals surface area contributed by atoms with Crippen molar-refractivity contribution in [1.29, 1.82) is 0 Å². The number of aliphatic hydroxyl groups is 1. The highest BCUT2D eigenvalue weighted by atomic mass is 16.3. The predicted molar refractivity (Wildman–Crippen MR) is 87.2 cm³/mol. The van der Waals surface area contributed by atoms with Crippen molar-refractivity contribution >= 4 is 0 Å². The van der Waals surface area contributed by atoms with E-state index >= 15 is 0 Å². The van der Waals surface area contributed by atoms with E-state index in [1.807, 2.05) is 0 Å². The van der Waals surface area contributed by atoms with Gasteiger partial charge in [0.1, 0.15) is 0 Å². The molecule has 1 fully saturated rings. The Balaban J connectivity index is 1.69. The zero-order chi connectivity index (χ0) is 14.7. The summed E-state index contributed by atoms with van der Waals surface area (Å²) in [7, 11) is 0. The second kappa shape index (κ2) is 6.50. The third kappa shape index (κ3) is 3.49. The zero-order valence-corrected chi connectivity index (χ0v) is 13.4. The Morgan fingerprint density at radius 1 is 1.19 bits per heavy atom. The number of rotatable bonds is 3. The van der Waals surface area contributed by atoms with Crippen molar-refractivity contribution in [2.24, 2.45) is 11.3 Å². The number of aryl methyl sites for hydroxylation is 1. The summed E-state index contributed by atoms with van der Waals surface area (Å²) in [5.74, 6) is 0.842. The van der Waals surface area contributed by atoms with Crippen molar-refractivity contribution < 1.29 is 5.11 Å². The van der Waals surface area contributed by atoms with Crippen LogP contribution in [0.2, 0.25) is 0 Å². The van der Waals surface area contributed by atoms with Crippen molar-refractivity contribution in [2.45, 2.75) is 52.0 Å². The van der Waals surface area contributed by atoms with E-state index in [4.69, 9.17) is 0 Å². The molecule has 0 saturated heterocycles. The Labute approximate surface area is 129 Å². The normalized spacial score (nSPS) is 30.7. The van der Waals surface area contributed by atoms with Gasteiger partial charge in [-0.25, -0.2) is 0 Å². The highest BCUT2D eigenvalue weighted by molar-refractivity contribution is 5.28. The van der Waals surface area contributed by atoms with Gasteiger partial charge in [0.05, 0.1) is 0 Å². The van der Waals surface area contributed by atoms with Crippen molar-refractivity contribution in [1.82, 2.24) is 4.90 Å². The average molecular weight is 287 g/mol. The van der Waals surface area contributed by atoms with Crippen LogP contribution < -0.4 is 0 Å². The Morgan fingerprint density at radius 2 is 1.90 bits per heavy atom. The molecule has 0 bridgehead atoms. The average Bonchev–Trinajstić information content (AvgIpc) is 2.71. The van der Waals surface area contributed by atoms with Crippen molar-refractivity contribution in [3.63, 3.8) is 0 Å². The summed E-state index contributed by atoms with van der Waals surface area (Å²) in [5.41, 5.74) is 3.17. The van der Waals surface area contributed by atoms with Crippen LogP contribution >= 0.6 is 0 Å². The third-order valence-corrected chi connectivity index (χ3v) is 5.66. The summed E-state index contributed by atoms with van der Waals surface area (Å²) in [6.45, 7) is 6.02. The molecule has 0 unspecified atom stereocenters. The summed E-state index contributed by atoms with van der Waals surface area (Å²) in [4.78, 5) is 2.60. The van der Waals surface area contributed by atoms with Crippen LogP contribution in [0, 0.1) is 11.3 Å². The predicted octanol–water partition coefficient (Wildman–Crippen LogP) is 3.62. The number of hydrogen-bond acceptors (Lipinski definition) is 2. The number of benzene rings is 1. The Kier molecular flexibility index (Phi) is 4.66. The van der Waals surface area contributed by atoms with Gasteiger partial charge in [-0.3, -0.25) is 4.90 Å². The highest BCUT2D eigenvalue weighted by Crippen LogP contribution is 2.39. The molecule has 1 aromatic rings. The first-order valence-corrected chi connectivity index (χ1v) is 8.61. The summed E-state index contributed by atoms with van der Waals surface area (Å²) in [6.07, 6.45) is 7.41. The van der Waals surface area contributed by atoms with Gasteiger partial charge in [0.25, 0.3) is 0 Å². The standard InChI is InChI=1S/C19H29NO/c1-16-8-10-19(15-21,11-9-16)14-20-12-4-7-17-5-2-3-6-18(17)13-20/h2-3,5-6,16,21H,4,7-15H2,1H3. The van der Waals surface area contributed by atoms with Gasteiger partial charge >= 0.3 is 0 Å². The van der Waals surface area contributed by atoms with Crippen molar-refractivity contribution in [3.8, 4) is 0 Å². The molecule has 2 heteroatoms. The van der Waals surface area contributed by atoms with Crippen LogP contribution in [0.15, 0.2) is 24.3 Å². The molecule has 0 atom stereocenters.